The van der Waals surface area contributed by atoms with Crippen LogP contribution in [-0.2, 0) is 16.0 Å². The fourth-order valence-corrected chi connectivity index (χ4v) is 3.79. The summed E-state index contributed by atoms with van der Waals surface area (Å²) in [6.45, 7) is 4.52. The van der Waals surface area contributed by atoms with Crippen LogP contribution in [0.2, 0.25) is 0 Å². The number of halogens is 1. The minimum absolute atomic E-state index is 0. The van der Waals surface area contributed by atoms with Gasteiger partial charge in [-0.1, -0.05) is 29.8 Å². The molecule has 0 unspecified atom stereocenters. The number of thiazole rings is 1. The van der Waals surface area contributed by atoms with Crippen LogP contribution in [0.5, 0.6) is 0 Å². The molecule has 0 saturated carbocycles. The van der Waals surface area contributed by atoms with Gasteiger partial charge in [-0.25, -0.2) is 4.98 Å². The highest BCUT2D eigenvalue weighted by Crippen LogP contribution is 2.27. The molecule has 2 atom stereocenters. The van der Waals surface area contributed by atoms with Crippen LogP contribution in [0.25, 0.3) is 0 Å². The fourth-order valence-electron chi connectivity index (χ4n) is 2.79. The second-order valence-corrected chi connectivity index (χ2v) is 7.32. The second-order valence-electron chi connectivity index (χ2n) is 6.24. The van der Waals surface area contributed by atoms with E-state index in [1.807, 2.05) is 6.92 Å². The van der Waals surface area contributed by atoms with Crippen LogP contribution in [0, 0.1) is 13.8 Å². The van der Waals surface area contributed by atoms with E-state index in [1.165, 1.54) is 27.3 Å². The number of carbonyl (C=O) groups is 1. The van der Waals surface area contributed by atoms with E-state index in [9.17, 15) is 4.79 Å². The molecule has 1 aliphatic heterocycles. The van der Waals surface area contributed by atoms with Crippen molar-refractivity contribution in [2.45, 2.75) is 45.3 Å². The maximum atomic E-state index is 12.3. The molecule has 1 aromatic heterocycles. The summed E-state index contributed by atoms with van der Waals surface area (Å²) in [4.78, 5) is 17.9. The number of hydrogen-bond donors (Lipinski definition) is 2. The minimum Gasteiger partial charge on any atom is -0.364 e. The predicted octanol–water partition coefficient (Wildman–Crippen LogP) is 3.22. The van der Waals surface area contributed by atoms with Crippen molar-refractivity contribution >= 4 is 34.8 Å². The van der Waals surface area contributed by atoms with E-state index in [1.54, 1.807) is 0 Å². The molecular formula is C18H24ClN3O2S. The Morgan fingerprint density at radius 3 is 2.68 bits per heavy atom. The van der Waals surface area contributed by atoms with E-state index in [0.29, 0.717) is 18.1 Å². The molecule has 1 amide bonds. The number of benzene rings is 1. The van der Waals surface area contributed by atoms with Gasteiger partial charge in [0.1, 0.15) is 6.10 Å². The predicted molar refractivity (Wildman–Crippen MR) is 104 cm³/mol. The second kappa shape index (κ2) is 8.76. The highest BCUT2D eigenvalue weighted by atomic mass is 35.5. The van der Waals surface area contributed by atoms with Gasteiger partial charge in [0.15, 0.2) is 5.13 Å². The highest BCUT2D eigenvalue weighted by Gasteiger charge is 2.30. The Kier molecular flexibility index (Phi) is 6.95. The van der Waals surface area contributed by atoms with Gasteiger partial charge >= 0.3 is 0 Å². The molecule has 1 aromatic carbocycles. The van der Waals surface area contributed by atoms with Gasteiger partial charge in [0.25, 0.3) is 5.91 Å². The zero-order valence-corrected chi connectivity index (χ0v) is 16.1. The van der Waals surface area contributed by atoms with Crippen LogP contribution in [-0.4, -0.2) is 29.6 Å². The van der Waals surface area contributed by atoms with Gasteiger partial charge in [-0.05, 0) is 32.3 Å². The number of amides is 1. The Hall–Kier alpha value is -1.47. The zero-order valence-electron chi connectivity index (χ0n) is 14.5. The molecule has 0 spiro atoms. The van der Waals surface area contributed by atoms with Gasteiger partial charge in [-0.2, -0.15) is 0 Å². The normalized spacial score (nSPS) is 19.5. The molecule has 0 bridgehead atoms. The smallest absolute Gasteiger partial charge is 0.255 e. The number of aromatic nitrogens is 1. The van der Waals surface area contributed by atoms with Crippen molar-refractivity contribution in [3.8, 4) is 0 Å². The molecule has 0 radical (unpaired) electrons. The Balaban J connectivity index is 0.00000225. The van der Waals surface area contributed by atoms with Gasteiger partial charge in [0.05, 0.1) is 11.8 Å². The Morgan fingerprint density at radius 1 is 1.32 bits per heavy atom. The van der Waals surface area contributed by atoms with Crippen molar-refractivity contribution in [2.75, 3.05) is 11.9 Å². The summed E-state index contributed by atoms with van der Waals surface area (Å²) in [5.74, 6) is -0.124. The number of hydrogen-bond acceptors (Lipinski definition) is 5. The lowest BCUT2D eigenvalue weighted by Gasteiger charge is -2.11. The van der Waals surface area contributed by atoms with Crippen LogP contribution >= 0.6 is 23.7 Å². The molecule has 25 heavy (non-hydrogen) atoms. The lowest BCUT2D eigenvalue weighted by molar-refractivity contribution is -0.126. The quantitative estimate of drug-likeness (QED) is 0.833. The summed E-state index contributed by atoms with van der Waals surface area (Å²) in [6.07, 6.45) is 1.96. The van der Waals surface area contributed by atoms with Crippen LogP contribution in [0.15, 0.2) is 24.3 Å². The molecule has 7 heteroatoms. The first-order valence-electron chi connectivity index (χ1n) is 8.23. The third-order valence-electron chi connectivity index (χ3n) is 4.27. The van der Waals surface area contributed by atoms with E-state index in [0.717, 1.165) is 18.5 Å². The van der Waals surface area contributed by atoms with Gasteiger partial charge in [-0.15, -0.1) is 23.7 Å². The molecule has 1 saturated heterocycles. The maximum Gasteiger partial charge on any atom is 0.255 e. The van der Waals surface area contributed by atoms with Crippen molar-refractivity contribution in [3.63, 3.8) is 0 Å². The van der Waals surface area contributed by atoms with Crippen molar-refractivity contribution in [2.24, 2.45) is 5.73 Å². The summed E-state index contributed by atoms with van der Waals surface area (Å²) >= 11 is 1.53. The zero-order chi connectivity index (χ0) is 17.1. The summed E-state index contributed by atoms with van der Waals surface area (Å²) in [6, 6.07) is 8.48. The molecule has 2 heterocycles. The summed E-state index contributed by atoms with van der Waals surface area (Å²) in [5, 5.41) is 3.53. The number of aryl methyl sites for hydroxylation is 2. The Morgan fingerprint density at radius 2 is 2.04 bits per heavy atom. The molecule has 0 aliphatic carbocycles. The number of nitrogens with two attached hydrogens (primary N) is 1. The topological polar surface area (TPSA) is 77.2 Å². The number of nitrogens with one attached hydrogen (secondary N) is 1. The fraction of sp³-hybridized carbons (Fsp3) is 0.444. The molecule has 3 N–H and O–H groups in total. The molecular weight excluding hydrogens is 358 g/mol. The van der Waals surface area contributed by atoms with Crippen molar-refractivity contribution in [3.05, 3.63) is 46.0 Å². The molecule has 1 fully saturated rings. The van der Waals surface area contributed by atoms with Crippen LogP contribution in [0.4, 0.5) is 5.13 Å². The van der Waals surface area contributed by atoms with Gasteiger partial charge in [0, 0.05) is 17.8 Å². The van der Waals surface area contributed by atoms with E-state index in [-0.39, 0.29) is 24.4 Å². The Labute approximate surface area is 158 Å². The third kappa shape index (κ3) is 5.01. The monoisotopic (exact) mass is 381 g/mol. The van der Waals surface area contributed by atoms with Crippen molar-refractivity contribution < 1.29 is 9.53 Å². The largest absolute Gasteiger partial charge is 0.364 e. The minimum atomic E-state index is -0.414. The number of carbonyl (C=O) groups excluding carboxylic acids is 1. The molecule has 3 rings (SSSR count). The first-order valence-corrected chi connectivity index (χ1v) is 9.05. The maximum absolute atomic E-state index is 12.3. The van der Waals surface area contributed by atoms with Crippen LogP contribution < -0.4 is 11.1 Å². The van der Waals surface area contributed by atoms with Gasteiger partial charge < -0.3 is 10.5 Å². The third-order valence-corrected chi connectivity index (χ3v) is 5.34. The van der Waals surface area contributed by atoms with E-state index in [2.05, 4.69) is 41.5 Å². The van der Waals surface area contributed by atoms with E-state index >= 15 is 0 Å². The lowest BCUT2D eigenvalue weighted by atomic mass is 10.1. The number of rotatable bonds is 5. The molecule has 1 aliphatic rings. The van der Waals surface area contributed by atoms with Crippen molar-refractivity contribution in [1.82, 2.24) is 4.98 Å². The standard InChI is InChI=1S/C18H23N3O2S.ClH/c1-11-3-5-13(6-4-11)9-16-12(2)20-18(24-16)21-17(22)15-8-7-14(10-19)23-15;/h3-6,14-15H,7-10,19H2,1-2H3,(H,20,21,22);1H/t14-,15+;/m1./s1. The number of nitrogens with zero attached hydrogens (tertiary/aromatic N) is 1. The highest BCUT2D eigenvalue weighted by molar-refractivity contribution is 7.15. The average molecular weight is 382 g/mol. The first kappa shape index (κ1) is 19.8. The average Bonchev–Trinajstić information content (AvgIpc) is 3.17. The Bertz CT molecular complexity index is 718. The lowest BCUT2D eigenvalue weighted by Crippen LogP contribution is -2.29. The van der Waals surface area contributed by atoms with Gasteiger partial charge in [-0.3, -0.25) is 10.1 Å². The molecule has 136 valence electrons. The van der Waals surface area contributed by atoms with E-state index in [4.69, 9.17) is 10.5 Å². The summed E-state index contributed by atoms with van der Waals surface area (Å²) < 4.78 is 5.63. The van der Waals surface area contributed by atoms with Gasteiger partial charge in [0.2, 0.25) is 0 Å². The molecule has 5 nitrogen and oxygen atoms in total. The first-order chi connectivity index (χ1) is 11.5. The summed E-state index contributed by atoms with van der Waals surface area (Å²) in [5.41, 5.74) is 9.04. The van der Waals surface area contributed by atoms with Crippen molar-refractivity contribution in [1.29, 1.82) is 0 Å². The van der Waals surface area contributed by atoms with Crippen LogP contribution in [0.1, 0.15) is 34.5 Å². The molecule has 2 aromatic rings. The van der Waals surface area contributed by atoms with Crippen LogP contribution in [0.3, 0.4) is 0 Å². The number of ether oxygens (including phenoxy) is 1. The van der Waals surface area contributed by atoms with E-state index < -0.39 is 6.10 Å². The SMILES string of the molecule is Cc1ccc(Cc2sc(NC(=O)[C@@H]3CC[C@H](CN)O3)nc2C)cc1.Cl. The number of anilines is 1. The summed E-state index contributed by atoms with van der Waals surface area (Å²) in [7, 11) is 0.